The van der Waals surface area contributed by atoms with Crippen LogP contribution in [0.4, 0.5) is 5.82 Å². The molecule has 1 aliphatic heterocycles. The van der Waals surface area contributed by atoms with Crippen molar-refractivity contribution in [3.05, 3.63) is 72.9 Å². The van der Waals surface area contributed by atoms with E-state index in [1.165, 1.54) is 4.90 Å². The smallest absolute Gasteiger partial charge is 0.165 e. The second kappa shape index (κ2) is 7.97. The van der Waals surface area contributed by atoms with Gasteiger partial charge in [-0.1, -0.05) is 60.7 Å². The number of aromatic nitrogens is 3. The second-order valence-electron chi connectivity index (χ2n) is 7.60. The van der Waals surface area contributed by atoms with Gasteiger partial charge in [-0.25, -0.2) is 4.98 Å². The summed E-state index contributed by atoms with van der Waals surface area (Å²) < 4.78 is 1.96. The largest absolute Gasteiger partial charge is 0.345 e. The van der Waals surface area contributed by atoms with Crippen LogP contribution in [-0.4, -0.2) is 47.3 Å². The Morgan fingerprint density at radius 3 is 2.27 bits per heavy atom. The number of benzene rings is 2. The molecule has 0 amide bonds. The molecule has 1 fully saturated rings. The highest BCUT2D eigenvalue weighted by Crippen LogP contribution is 2.30. The van der Waals surface area contributed by atoms with Gasteiger partial charge in [0.05, 0.1) is 38.1 Å². The van der Waals surface area contributed by atoms with E-state index in [1.807, 2.05) is 47.1 Å². The van der Waals surface area contributed by atoms with Gasteiger partial charge in [-0.3, -0.25) is 0 Å². The first-order valence-corrected chi connectivity index (χ1v) is 10.3. The minimum Gasteiger partial charge on any atom is -0.345 e. The van der Waals surface area contributed by atoms with E-state index in [0.717, 1.165) is 60.0 Å². The third kappa shape index (κ3) is 3.40. The molecule has 3 heterocycles. The van der Waals surface area contributed by atoms with Crippen molar-refractivity contribution in [2.75, 3.05) is 37.6 Å². The summed E-state index contributed by atoms with van der Waals surface area (Å²) in [6, 6.07) is 25.0. The van der Waals surface area contributed by atoms with Gasteiger partial charge in [0.2, 0.25) is 0 Å². The molecule has 30 heavy (non-hydrogen) atoms. The summed E-state index contributed by atoms with van der Waals surface area (Å²) >= 11 is 0. The first-order chi connectivity index (χ1) is 14.8. The van der Waals surface area contributed by atoms with Crippen LogP contribution in [0, 0.1) is 11.3 Å². The third-order valence-corrected chi connectivity index (χ3v) is 5.73. The van der Waals surface area contributed by atoms with E-state index < -0.39 is 0 Å². The molecule has 1 aliphatic rings. The number of rotatable bonds is 4. The van der Waals surface area contributed by atoms with Gasteiger partial charge in [-0.05, 0) is 5.56 Å². The van der Waals surface area contributed by atoms with Crippen molar-refractivity contribution in [1.82, 2.24) is 14.6 Å². The highest BCUT2D eigenvalue weighted by atomic mass is 15.4. The lowest BCUT2D eigenvalue weighted by Gasteiger charge is -2.32. The summed E-state index contributed by atoms with van der Waals surface area (Å²) in [6.45, 7) is 4.25. The molecule has 2 aromatic carbocycles. The summed E-state index contributed by atoms with van der Waals surface area (Å²) in [5.74, 6) is 1.05. The number of nitriles is 1. The molecule has 0 aliphatic carbocycles. The molecule has 0 radical (unpaired) electrons. The molecule has 6 heteroatoms. The number of fused-ring (bicyclic) bond motifs is 1. The van der Waals surface area contributed by atoms with Crippen molar-refractivity contribution in [2.45, 2.75) is 0 Å². The van der Waals surface area contributed by atoms with Gasteiger partial charge < -0.3 is 9.80 Å². The van der Waals surface area contributed by atoms with E-state index in [-0.39, 0.29) is 0 Å². The van der Waals surface area contributed by atoms with Crippen LogP contribution in [0.3, 0.4) is 0 Å². The fourth-order valence-electron chi connectivity index (χ4n) is 4.09. The first-order valence-electron chi connectivity index (χ1n) is 10.3. The van der Waals surface area contributed by atoms with E-state index in [2.05, 4.69) is 41.3 Å². The Balaban J connectivity index is 1.63. The summed E-state index contributed by atoms with van der Waals surface area (Å²) in [4.78, 5) is 8.71. The van der Waals surface area contributed by atoms with Crippen molar-refractivity contribution in [1.29, 1.82) is 5.26 Å². The molecular weight excluding hydrogens is 372 g/mol. The van der Waals surface area contributed by atoms with E-state index >= 15 is 0 Å². The Kier molecular flexibility index (Phi) is 4.88. The van der Waals surface area contributed by atoms with Crippen LogP contribution in [0.15, 0.2) is 72.9 Å². The quantitative estimate of drug-likeness (QED) is 0.539. The molecule has 0 saturated carbocycles. The van der Waals surface area contributed by atoms with Crippen LogP contribution in [-0.2, 0) is 0 Å². The van der Waals surface area contributed by atoms with E-state index in [4.69, 9.17) is 15.3 Å². The van der Waals surface area contributed by atoms with Crippen LogP contribution in [0.1, 0.15) is 0 Å². The topological polar surface area (TPSA) is 61.7 Å². The molecule has 0 bridgehead atoms. The number of hydrogen-bond donors (Lipinski definition) is 1. The molecule has 0 spiro atoms. The van der Waals surface area contributed by atoms with Gasteiger partial charge in [0, 0.05) is 17.2 Å². The van der Waals surface area contributed by atoms with E-state index in [9.17, 15) is 0 Å². The molecule has 0 atom stereocenters. The Morgan fingerprint density at radius 2 is 1.60 bits per heavy atom. The van der Waals surface area contributed by atoms with Crippen molar-refractivity contribution < 1.29 is 4.90 Å². The van der Waals surface area contributed by atoms with Gasteiger partial charge in [-0.2, -0.15) is 14.9 Å². The van der Waals surface area contributed by atoms with E-state index in [0.29, 0.717) is 6.54 Å². The maximum absolute atomic E-state index is 9.01. The highest BCUT2D eigenvalue weighted by Gasteiger charge is 2.23. The fourth-order valence-corrected chi connectivity index (χ4v) is 4.09. The Bertz CT molecular complexity index is 1190. The van der Waals surface area contributed by atoms with Gasteiger partial charge in [-0.15, -0.1) is 0 Å². The summed E-state index contributed by atoms with van der Waals surface area (Å²) in [5, 5.41) is 13.7. The first kappa shape index (κ1) is 18.3. The van der Waals surface area contributed by atoms with Crippen LogP contribution in [0.5, 0.6) is 0 Å². The Morgan fingerprint density at radius 1 is 0.933 bits per heavy atom. The predicted molar refractivity (Wildman–Crippen MR) is 117 cm³/mol. The number of hydrogen-bond acceptors (Lipinski definition) is 4. The van der Waals surface area contributed by atoms with Crippen molar-refractivity contribution in [2.24, 2.45) is 0 Å². The van der Waals surface area contributed by atoms with Gasteiger partial charge in [0.25, 0.3) is 0 Å². The zero-order chi connectivity index (χ0) is 20.3. The maximum atomic E-state index is 9.01. The number of nitrogens with zero attached hydrogens (tertiary/aromatic N) is 5. The Hall–Kier alpha value is -3.69. The monoisotopic (exact) mass is 395 g/mol. The van der Waals surface area contributed by atoms with Crippen LogP contribution in [0.25, 0.3) is 28.0 Å². The number of quaternary nitrogens is 1. The highest BCUT2D eigenvalue weighted by molar-refractivity contribution is 5.80. The van der Waals surface area contributed by atoms with Crippen LogP contribution < -0.4 is 9.80 Å². The minimum absolute atomic E-state index is 0.564. The lowest BCUT2D eigenvalue weighted by atomic mass is 10.1. The molecule has 6 nitrogen and oxygen atoms in total. The molecule has 5 rings (SSSR count). The number of nitrogens with one attached hydrogen (secondary N) is 1. The van der Waals surface area contributed by atoms with Gasteiger partial charge in [0.1, 0.15) is 11.9 Å². The number of anilines is 1. The summed E-state index contributed by atoms with van der Waals surface area (Å²) in [7, 11) is 0. The maximum Gasteiger partial charge on any atom is 0.165 e. The normalized spacial score (nSPS) is 14.7. The lowest BCUT2D eigenvalue weighted by molar-refractivity contribution is -0.893. The minimum atomic E-state index is 0.564. The zero-order valence-electron chi connectivity index (χ0n) is 16.7. The molecular formula is C24H23N6+. The molecule has 1 N–H and O–H groups in total. The summed E-state index contributed by atoms with van der Waals surface area (Å²) in [6.07, 6.45) is 1.91. The number of piperazine rings is 1. The molecule has 148 valence electrons. The average molecular weight is 395 g/mol. The lowest BCUT2D eigenvalue weighted by Crippen LogP contribution is -3.14. The predicted octanol–water partition coefficient (Wildman–Crippen LogP) is 2.29. The standard InChI is InChI=1S/C24H22N6/c25-11-12-28-13-15-29(16-14-28)23-17-22(20-9-5-2-6-10-20)27-24-21(18-26-30(23)24)19-7-3-1-4-8-19/h1-10,17-18H,12-16H2/p+1. The molecule has 0 unspecified atom stereocenters. The average Bonchev–Trinajstić information content (AvgIpc) is 3.24. The second-order valence-corrected chi connectivity index (χ2v) is 7.60. The third-order valence-electron chi connectivity index (χ3n) is 5.73. The fraction of sp³-hybridized carbons (Fsp3) is 0.208. The molecule has 4 aromatic rings. The van der Waals surface area contributed by atoms with E-state index in [1.54, 1.807) is 0 Å². The summed E-state index contributed by atoms with van der Waals surface area (Å²) in [5.41, 5.74) is 5.05. The van der Waals surface area contributed by atoms with Crippen LogP contribution >= 0.6 is 0 Å². The van der Waals surface area contributed by atoms with Crippen molar-refractivity contribution >= 4 is 11.5 Å². The SMILES string of the molecule is N#CC[NH+]1CCN(c2cc(-c3ccccc3)nc3c(-c4ccccc4)cnn23)CC1. The van der Waals surface area contributed by atoms with Crippen molar-refractivity contribution in [3.8, 4) is 28.5 Å². The van der Waals surface area contributed by atoms with Crippen LogP contribution in [0.2, 0.25) is 0 Å². The van der Waals surface area contributed by atoms with Crippen molar-refractivity contribution in [3.63, 3.8) is 0 Å². The van der Waals surface area contributed by atoms with Gasteiger partial charge >= 0.3 is 0 Å². The van der Waals surface area contributed by atoms with Gasteiger partial charge in [0.15, 0.2) is 12.2 Å². The Labute approximate surface area is 175 Å². The molecule has 2 aromatic heterocycles. The zero-order valence-corrected chi connectivity index (χ0v) is 16.7. The molecule has 1 saturated heterocycles.